The second-order valence-electron chi connectivity index (χ2n) is 8.23. The van der Waals surface area contributed by atoms with Crippen molar-refractivity contribution in [3.05, 3.63) is 52.8 Å². The number of nitrogens with one attached hydrogen (secondary N) is 3. The smallest absolute Gasteiger partial charge is 0.322 e. The van der Waals surface area contributed by atoms with Crippen molar-refractivity contribution >= 4 is 34.6 Å². The Kier molecular flexibility index (Phi) is 4.76. The average molecular weight is 420 g/mol. The molecule has 4 amide bonds. The van der Waals surface area contributed by atoms with Gasteiger partial charge in [0.1, 0.15) is 5.54 Å². The molecule has 9 nitrogen and oxygen atoms in total. The Hall–Kier alpha value is -3.75. The van der Waals surface area contributed by atoms with Gasteiger partial charge in [-0.05, 0) is 43.5 Å². The van der Waals surface area contributed by atoms with E-state index in [1.807, 2.05) is 20.8 Å². The van der Waals surface area contributed by atoms with Crippen LogP contribution in [0.25, 0.3) is 11.0 Å². The predicted octanol–water partition coefficient (Wildman–Crippen LogP) is 2.71. The molecule has 1 atom stereocenters. The first-order valence-corrected chi connectivity index (χ1v) is 10.00. The molecule has 31 heavy (non-hydrogen) atoms. The third-order valence-electron chi connectivity index (χ3n) is 5.57. The zero-order valence-electron chi connectivity index (χ0n) is 18.0. The maximum atomic E-state index is 13.3. The van der Waals surface area contributed by atoms with Crippen LogP contribution in [0.15, 0.2) is 30.3 Å². The fourth-order valence-electron chi connectivity index (χ4n) is 3.79. The molecule has 0 saturated carbocycles. The molecule has 1 fully saturated rings. The Morgan fingerprint density at radius 3 is 2.61 bits per heavy atom. The lowest BCUT2D eigenvalue weighted by molar-refractivity contribution is -0.123. The van der Waals surface area contributed by atoms with Gasteiger partial charge in [-0.25, -0.2) is 9.78 Å². The number of carbonyl (C=O) groups excluding carboxylic acids is 3. The SMILES string of the molecule is Cc1nn(C)c2nc(C(C)C)cc(C(=O)Nc3cccc([C@]4(C)NC(=O)NC4=O)c3)c12. The topological polar surface area (TPSA) is 118 Å². The number of aromatic nitrogens is 3. The molecule has 0 bridgehead atoms. The first-order valence-electron chi connectivity index (χ1n) is 10.00. The fraction of sp³-hybridized carbons (Fsp3) is 0.318. The summed E-state index contributed by atoms with van der Waals surface area (Å²) < 4.78 is 1.68. The number of nitrogens with zero attached hydrogens (tertiary/aromatic N) is 3. The number of benzene rings is 1. The lowest BCUT2D eigenvalue weighted by Crippen LogP contribution is -2.40. The van der Waals surface area contributed by atoms with Crippen LogP contribution in [0.5, 0.6) is 0 Å². The van der Waals surface area contributed by atoms with E-state index in [0.717, 1.165) is 11.4 Å². The van der Waals surface area contributed by atoms with Crippen LogP contribution in [0.2, 0.25) is 0 Å². The monoisotopic (exact) mass is 420 g/mol. The predicted molar refractivity (Wildman–Crippen MR) is 116 cm³/mol. The third-order valence-corrected chi connectivity index (χ3v) is 5.57. The standard InChI is InChI=1S/C22H24N6O3/c1-11(2)16-10-15(17-12(3)27-28(5)18(17)24-16)19(29)23-14-8-6-7-13(9-14)22(4)20(30)25-21(31)26-22/h6-11H,1-5H3,(H,23,29)(H2,25,26,30,31)/t22-/m0/s1. The van der Waals surface area contributed by atoms with Gasteiger partial charge >= 0.3 is 6.03 Å². The molecule has 3 N–H and O–H groups in total. The first-order chi connectivity index (χ1) is 14.6. The first kappa shape index (κ1) is 20.5. The normalized spacial score (nSPS) is 18.4. The number of imide groups is 1. The number of amides is 4. The molecule has 160 valence electrons. The van der Waals surface area contributed by atoms with Gasteiger partial charge in [-0.1, -0.05) is 26.0 Å². The van der Waals surface area contributed by atoms with Crippen LogP contribution in [0.3, 0.4) is 0 Å². The molecule has 1 aliphatic heterocycles. The minimum atomic E-state index is -1.20. The van der Waals surface area contributed by atoms with Gasteiger partial charge in [0.05, 0.1) is 16.6 Å². The van der Waals surface area contributed by atoms with Crippen LogP contribution in [0.1, 0.15) is 54.0 Å². The fourth-order valence-corrected chi connectivity index (χ4v) is 3.79. The van der Waals surface area contributed by atoms with E-state index in [1.165, 1.54) is 0 Å². The summed E-state index contributed by atoms with van der Waals surface area (Å²) in [6.45, 7) is 7.50. The molecular weight excluding hydrogens is 396 g/mol. The molecule has 3 aromatic rings. The van der Waals surface area contributed by atoms with E-state index in [0.29, 0.717) is 27.8 Å². The Balaban J connectivity index is 1.72. The molecule has 0 radical (unpaired) electrons. The summed E-state index contributed by atoms with van der Waals surface area (Å²) >= 11 is 0. The highest BCUT2D eigenvalue weighted by atomic mass is 16.2. The lowest BCUT2D eigenvalue weighted by atomic mass is 9.92. The van der Waals surface area contributed by atoms with Crippen LogP contribution in [-0.4, -0.2) is 32.6 Å². The summed E-state index contributed by atoms with van der Waals surface area (Å²) in [6.07, 6.45) is 0. The summed E-state index contributed by atoms with van der Waals surface area (Å²) in [7, 11) is 1.80. The number of carbonyl (C=O) groups is 3. The van der Waals surface area contributed by atoms with Crippen molar-refractivity contribution in [2.45, 2.75) is 39.2 Å². The third kappa shape index (κ3) is 3.41. The van der Waals surface area contributed by atoms with Gasteiger partial charge in [-0.15, -0.1) is 0 Å². The quantitative estimate of drug-likeness (QED) is 0.561. The molecular formula is C22H24N6O3. The number of hydrogen-bond acceptors (Lipinski definition) is 5. The van der Waals surface area contributed by atoms with Crippen molar-refractivity contribution in [1.29, 1.82) is 0 Å². The Morgan fingerprint density at radius 1 is 1.23 bits per heavy atom. The summed E-state index contributed by atoms with van der Waals surface area (Å²) in [5, 5.41) is 12.9. The summed E-state index contributed by atoms with van der Waals surface area (Å²) in [5.74, 6) is -0.601. The Bertz CT molecular complexity index is 1250. The minimum Gasteiger partial charge on any atom is -0.322 e. The maximum absolute atomic E-state index is 13.3. The number of hydrogen-bond donors (Lipinski definition) is 3. The number of anilines is 1. The van der Waals surface area contributed by atoms with Crippen LogP contribution in [0.4, 0.5) is 10.5 Å². The van der Waals surface area contributed by atoms with Gasteiger partial charge in [-0.2, -0.15) is 5.10 Å². The van der Waals surface area contributed by atoms with Gasteiger partial charge in [0, 0.05) is 18.4 Å². The van der Waals surface area contributed by atoms with Crippen LogP contribution >= 0.6 is 0 Å². The Morgan fingerprint density at radius 2 is 1.97 bits per heavy atom. The zero-order chi connectivity index (χ0) is 22.5. The molecule has 1 saturated heterocycles. The number of pyridine rings is 1. The van der Waals surface area contributed by atoms with Crippen LogP contribution < -0.4 is 16.0 Å². The molecule has 3 heterocycles. The molecule has 9 heteroatoms. The number of urea groups is 1. The second kappa shape index (κ2) is 7.19. The van der Waals surface area contributed by atoms with Crippen molar-refractivity contribution in [1.82, 2.24) is 25.4 Å². The summed E-state index contributed by atoms with van der Waals surface area (Å²) in [6, 6.07) is 8.12. The minimum absolute atomic E-state index is 0.138. The van der Waals surface area contributed by atoms with Crippen molar-refractivity contribution in [3.63, 3.8) is 0 Å². The summed E-state index contributed by atoms with van der Waals surface area (Å²) in [4.78, 5) is 41.8. The lowest BCUT2D eigenvalue weighted by Gasteiger charge is -2.21. The number of aryl methyl sites for hydroxylation is 2. The van der Waals surface area contributed by atoms with Gasteiger partial charge < -0.3 is 10.6 Å². The second-order valence-corrected chi connectivity index (χ2v) is 8.23. The number of fused-ring (bicyclic) bond motifs is 1. The Labute approximate surface area is 179 Å². The largest absolute Gasteiger partial charge is 0.322 e. The van der Waals surface area contributed by atoms with Gasteiger partial charge in [0.25, 0.3) is 11.8 Å². The van der Waals surface area contributed by atoms with Gasteiger partial charge in [0.15, 0.2) is 5.65 Å². The van der Waals surface area contributed by atoms with E-state index in [2.05, 4.69) is 26.0 Å². The van der Waals surface area contributed by atoms with E-state index >= 15 is 0 Å². The average Bonchev–Trinajstić information content (AvgIpc) is 3.15. The highest BCUT2D eigenvalue weighted by Gasteiger charge is 2.43. The molecule has 2 aromatic heterocycles. The van der Waals surface area contributed by atoms with Crippen molar-refractivity contribution in [2.75, 3.05) is 5.32 Å². The molecule has 0 unspecified atom stereocenters. The van der Waals surface area contributed by atoms with E-state index in [9.17, 15) is 14.4 Å². The van der Waals surface area contributed by atoms with Crippen LogP contribution in [-0.2, 0) is 17.4 Å². The summed E-state index contributed by atoms with van der Waals surface area (Å²) in [5.41, 5.74) is 2.53. The molecule has 4 rings (SSSR count). The van der Waals surface area contributed by atoms with Crippen molar-refractivity contribution < 1.29 is 14.4 Å². The van der Waals surface area contributed by atoms with Crippen molar-refractivity contribution in [3.8, 4) is 0 Å². The van der Waals surface area contributed by atoms with Gasteiger partial charge in [0.2, 0.25) is 0 Å². The maximum Gasteiger partial charge on any atom is 0.322 e. The highest BCUT2D eigenvalue weighted by molar-refractivity contribution is 6.13. The van der Waals surface area contributed by atoms with Gasteiger partial charge in [-0.3, -0.25) is 19.6 Å². The molecule has 0 spiro atoms. The zero-order valence-corrected chi connectivity index (χ0v) is 18.0. The van der Waals surface area contributed by atoms with E-state index < -0.39 is 17.5 Å². The number of rotatable bonds is 4. The molecule has 1 aromatic carbocycles. The van der Waals surface area contributed by atoms with Crippen molar-refractivity contribution in [2.24, 2.45) is 7.05 Å². The molecule has 0 aliphatic carbocycles. The molecule has 1 aliphatic rings. The van der Waals surface area contributed by atoms with E-state index in [4.69, 9.17) is 0 Å². The highest BCUT2D eigenvalue weighted by Crippen LogP contribution is 2.28. The van der Waals surface area contributed by atoms with Crippen LogP contribution in [0, 0.1) is 6.92 Å². The van der Waals surface area contributed by atoms with E-state index in [-0.39, 0.29) is 11.8 Å². The van der Waals surface area contributed by atoms with E-state index in [1.54, 1.807) is 49.0 Å².